The van der Waals surface area contributed by atoms with Gasteiger partial charge in [0.2, 0.25) is 0 Å². The average Bonchev–Trinajstić information content (AvgIpc) is 2.69. The molecule has 2 heterocycles. The van der Waals surface area contributed by atoms with E-state index >= 15 is 0 Å². The Morgan fingerprint density at radius 3 is 2.56 bits per heavy atom. The summed E-state index contributed by atoms with van der Waals surface area (Å²) in [4.78, 5) is 16.9. The summed E-state index contributed by atoms with van der Waals surface area (Å²) in [6.45, 7) is 9.28. The second-order valence-electron chi connectivity index (χ2n) is 7.67. The van der Waals surface area contributed by atoms with Gasteiger partial charge in [0, 0.05) is 32.3 Å². The van der Waals surface area contributed by atoms with E-state index in [0.29, 0.717) is 12.6 Å². The first-order valence-electron chi connectivity index (χ1n) is 10.2. The summed E-state index contributed by atoms with van der Waals surface area (Å²) in [5, 5.41) is 2.94. The maximum Gasteiger partial charge on any atom is 0.317 e. The topological polar surface area (TPSA) is 44.8 Å². The molecule has 2 aliphatic rings. The van der Waals surface area contributed by atoms with Gasteiger partial charge in [-0.2, -0.15) is 0 Å². The third kappa shape index (κ3) is 4.99. The zero-order chi connectivity index (χ0) is 19.3. The summed E-state index contributed by atoms with van der Waals surface area (Å²) in [7, 11) is 0. The van der Waals surface area contributed by atoms with E-state index in [1.807, 2.05) is 4.90 Å². The molecule has 2 amide bonds. The Hall–Kier alpha value is -1.66. The fourth-order valence-corrected chi connectivity index (χ4v) is 4.41. The largest absolute Gasteiger partial charge is 0.375 e. The van der Waals surface area contributed by atoms with Crippen LogP contribution in [0.1, 0.15) is 45.1 Å². The van der Waals surface area contributed by atoms with Crippen LogP contribution in [-0.2, 0) is 11.3 Å². The molecule has 1 unspecified atom stereocenters. The molecule has 2 fully saturated rings. The number of likely N-dealkylation sites (tertiary alicyclic amines) is 1. The second kappa shape index (κ2) is 9.02. The maximum absolute atomic E-state index is 13.0. The molecule has 0 bridgehead atoms. The molecule has 0 radical (unpaired) electrons. The van der Waals surface area contributed by atoms with E-state index in [-0.39, 0.29) is 17.4 Å². The average molecular weight is 378 g/mol. The molecular weight excluding hydrogens is 345 g/mol. The fourth-order valence-electron chi connectivity index (χ4n) is 4.41. The van der Waals surface area contributed by atoms with Gasteiger partial charge in [0.1, 0.15) is 5.82 Å². The smallest absolute Gasteiger partial charge is 0.317 e. The number of hydrogen-bond acceptors (Lipinski definition) is 3. The van der Waals surface area contributed by atoms with Crippen molar-refractivity contribution in [2.24, 2.45) is 0 Å². The minimum Gasteiger partial charge on any atom is -0.375 e. The number of rotatable bonds is 5. The maximum atomic E-state index is 13.0. The van der Waals surface area contributed by atoms with Crippen molar-refractivity contribution in [3.05, 3.63) is 35.6 Å². The van der Waals surface area contributed by atoms with E-state index in [1.165, 1.54) is 12.1 Å². The van der Waals surface area contributed by atoms with Gasteiger partial charge in [-0.3, -0.25) is 0 Å². The highest BCUT2D eigenvalue weighted by atomic mass is 19.1. The molecule has 1 aromatic carbocycles. The predicted octanol–water partition coefficient (Wildman–Crippen LogP) is 3.39. The predicted molar refractivity (Wildman–Crippen MR) is 104 cm³/mol. The molecule has 1 aromatic rings. The van der Waals surface area contributed by atoms with Crippen LogP contribution >= 0.6 is 0 Å². The van der Waals surface area contributed by atoms with E-state index in [4.69, 9.17) is 4.74 Å². The molecule has 27 heavy (non-hydrogen) atoms. The molecule has 0 saturated carbocycles. The summed E-state index contributed by atoms with van der Waals surface area (Å²) in [5.74, 6) is -0.262. The van der Waals surface area contributed by atoms with Crippen LogP contribution in [0.5, 0.6) is 0 Å². The van der Waals surface area contributed by atoms with Gasteiger partial charge in [-0.1, -0.05) is 26.0 Å². The highest BCUT2D eigenvalue weighted by Gasteiger charge is 2.42. The minimum atomic E-state index is -0.262. The highest BCUT2D eigenvalue weighted by molar-refractivity contribution is 5.74. The van der Waals surface area contributed by atoms with Crippen LogP contribution in [0.25, 0.3) is 0 Å². The van der Waals surface area contributed by atoms with Crippen LogP contribution in [0, 0.1) is 5.82 Å². The van der Waals surface area contributed by atoms with E-state index < -0.39 is 0 Å². The number of carbonyl (C=O) groups is 1. The van der Waals surface area contributed by atoms with Crippen molar-refractivity contribution in [1.82, 2.24) is 15.1 Å². The standard InChI is InChI=1S/C21H32FN3O2/c1-3-24(4-2)19-9-14-27-21(15-19)10-12-25(13-11-21)20(26)23-16-17-5-7-18(22)8-6-17/h5-8,19H,3-4,9-16H2,1-2H3,(H,23,26). The Kier molecular flexibility index (Phi) is 6.71. The molecule has 1 atom stereocenters. The second-order valence-corrected chi connectivity index (χ2v) is 7.67. The third-order valence-corrected chi connectivity index (χ3v) is 6.11. The zero-order valence-corrected chi connectivity index (χ0v) is 16.5. The molecule has 150 valence electrons. The van der Waals surface area contributed by atoms with Gasteiger partial charge in [0.15, 0.2) is 0 Å². The number of halogens is 1. The van der Waals surface area contributed by atoms with Crippen molar-refractivity contribution >= 4 is 6.03 Å². The van der Waals surface area contributed by atoms with Gasteiger partial charge < -0.3 is 19.9 Å². The number of ether oxygens (including phenoxy) is 1. The number of carbonyl (C=O) groups excluding carboxylic acids is 1. The molecular formula is C21H32FN3O2. The first-order chi connectivity index (χ1) is 13.0. The number of piperidine rings is 1. The lowest BCUT2D eigenvalue weighted by Gasteiger charge is -2.48. The lowest BCUT2D eigenvalue weighted by molar-refractivity contribution is -0.128. The quantitative estimate of drug-likeness (QED) is 0.855. The fraction of sp³-hybridized carbons (Fsp3) is 0.667. The van der Waals surface area contributed by atoms with Crippen LogP contribution in [0.3, 0.4) is 0 Å². The SMILES string of the molecule is CCN(CC)C1CCOC2(CCN(C(=O)NCc3ccc(F)cc3)CC2)C1. The number of amides is 2. The summed E-state index contributed by atoms with van der Waals surface area (Å²) >= 11 is 0. The van der Waals surface area contributed by atoms with Gasteiger partial charge >= 0.3 is 6.03 Å². The monoisotopic (exact) mass is 377 g/mol. The number of benzene rings is 1. The Balaban J connectivity index is 1.49. The molecule has 1 spiro atoms. The summed E-state index contributed by atoms with van der Waals surface area (Å²) in [5.41, 5.74) is 0.829. The van der Waals surface area contributed by atoms with E-state index in [1.54, 1.807) is 12.1 Å². The highest BCUT2D eigenvalue weighted by Crippen LogP contribution is 2.36. The summed E-state index contributed by atoms with van der Waals surface area (Å²) in [6, 6.07) is 6.77. The van der Waals surface area contributed by atoms with Gasteiger partial charge in [-0.15, -0.1) is 0 Å². The van der Waals surface area contributed by atoms with E-state index in [9.17, 15) is 9.18 Å². The minimum absolute atomic E-state index is 0.0507. The molecule has 1 N–H and O–H groups in total. The first-order valence-corrected chi connectivity index (χ1v) is 10.2. The number of urea groups is 1. The normalized spacial score (nSPS) is 22.2. The van der Waals surface area contributed by atoms with E-state index in [2.05, 4.69) is 24.1 Å². The molecule has 2 saturated heterocycles. The Morgan fingerprint density at radius 1 is 1.26 bits per heavy atom. The molecule has 5 nitrogen and oxygen atoms in total. The van der Waals surface area contributed by atoms with Crippen molar-refractivity contribution in [2.45, 2.75) is 57.7 Å². The lowest BCUT2D eigenvalue weighted by Crippen LogP contribution is -2.55. The van der Waals surface area contributed by atoms with Gasteiger partial charge in [0.05, 0.1) is 5.60 Å². The van der Waals surface area contributed by atoms with Crippen LogP contribution in [0.15, 0.2) is 24.3 Å². The first kappa shape index (κ1) is 20.1. The Morgan fingerprint density at radius 2 is 1.93 bits per heavy atom. The Labute approximate surface area is 161 Å². The zero-order valence-electron chi connectivity index (χ0n) is 16.5. The van der Waals surface area contributed by atoms with Crippen molar-refractivity contribution < 1.29 is 13.9 Å². The van der Waals surface area contributed by atoms with E-state index in [0.717, 1.165) is 64.0 Å². The number of nitrogens with one attached hydrogen (secondary N) is 1. The van der Waals surface area contributed by atoms with Crippen LogP contribution in [0.4, 0.5) is 9.18 Å². The van der Waals surface area contributed by atoms with Crippen LogP contribution in [0.2, 0.25) is 0 Å². The van der Waals surface area contributed by atoms with Gasteiger partial charge in [-0.25, -0.2) is 9.18 Å². The molecule has 0 aromatic heterocycles. The van der Waals surface area contributed by atoms with Crippen molar-refractivity contribution in [2.75, 3.05) is 32.8 Å². The Bertz CT molecular complexity index is 610. The summed E-state index contributed by atoms with van der Waals surface area (Å²) < 4.78 is 19.2. The van der Waals surface area contributed by atoms with Gasteiger partial charge in [-0.05, 0) is 56.5 Å². The van der Waals surface area contributed by atoms with Crippen LogP contribution in [-0.4, -0.2) is 60.3 Å². The summed E-state index contributed by atoms with van der Waals surface area (Å²) in [6.07, 6.45) is 3.97. The van der Waals surface area contributed by atoms with Crippen LogP contribution < -0.4 is 5.32 Å². The number of hydrogen-bond donors (Lipinski definition) is 1. The lowest BCUT2D eigenvalue weighted by atomic mass is 9.82. The van der Waals surface area contributed by atoms with Crippen molar-refractivity contribution in [1.29, 1.82) is 0 Å². The third-order valence-electron chi connectivity index (χ3n) is 6.11. The number of nitrogens with zero attached hydrogens (tertiary/aromatic N) is 2. The van der Waals surface area contributed by atoms with Crippen molar-refractivity contribution in [3.8, 4) is 0 Å². The molecule has 2 aliphatic heterocycles. The molecule has 3 rings (SSSR count). The van der Waals surface area contributed by atoms with Crippen molar-refractivity contribution in [3.63, 3.8) is 0 Å². The van der Waals surface area contributed by atoms with Gasteiger partial charge in [0.25, 0.3) is 0 Å². The molecule has 6 heteroatoms. The molecule has 0 aliphatic carbocycles.